The summed E-state index contributed by atoms with van der Waals surface area (Å²) in [5, 5.41) is 0. The molecule has 0 saturated heterocycles. The highest BCUT2D eigenvalue weighted by Crippen LogP contribution is 2.16. The Balaban J connectivity index is 4.28. The molecule has 0 aliphatic rings. The monoisotopic (exact) mass is 751 g/mol. The minimum atomic E-state index is -0.758. The molecule has 0 spiro atoms. The maximum atomic E-state index is 12.7. The van der Waals surface area contributed by atoms with E-state index in [0.717, 1.165) is 63.7 Å². The minimum absolute atomic E-state index is 0.0636. The zero-order valence-electron chi connectivity index (χ0n) is 36.0. The molecule has 0 aromatic heterocycles. The molecule has 0 radical (unpaired) electrons. The zero-order chi connectivity index (χ0) is 38.9. The molecule has 0 amide bonds. The van der Waals surface area contributed by atoms with E-state index in [-0.39, 0.29) is 31.1 Å². The first-order valence-corrected chi connectivity index (χ1v) is 23.4. The molecule has 0 heterocycles. The molecule has 0 saturated carbocycles. The van der Waals surface area contributed by atoms with Crippen molar-refractivity contribution in [2.24, 2.45) is 5.92 Å². The first-order valence-electron chi connectivity index (χ1n) is 23.4. The van der Waals surface area contributed by atoms with Crippen LogP contribution in [-0.2, 0) is 28.6 Å². The SMILES string of the molecule is CCCCCCCCCCCCC(=O)OC[C@H](COC(=O)CCCCCCCCCCCCCCC(C)C)OC(=O)CCCCCCCCCCCC. The van der Waals surface area contributed by atoms with E-state index in [1.165, 1.54) is 154 Å². The lowest BCUT2D eigenvalue weighted by Gasteiger charge is -2.18. The van der Waals surface area contributed by atoms with Crippen LogP contribution in [0.3, 0.4) is 0 Å². The van der Waals surface area contributed by atoms with E-state index in [4.69, 9.17) is 14.2 Å². The average Bonchev–Trinajstić information content (AvgIpc) is 3.14. The van der Waals surface area contributed by atoms with Gasteiger partial charge in [-0.3, -0.25) is 14.4 Å². The average molecular weight is 751 g/mol. The molecule has 0 N–H and O–H groups in total. The van der Waals surface area contributed by atoms with E-state index in [2.05, 4.69) is 27.7 Å². The fourth-order valence-electron chi connectivity index (χ4n) is 6.98. The van der Waals surface area contributed by atoms with Gasteiger partial charge in [0.05, 0.1) is 0 Å². The highest BCUT2D eigenvalue weighted by molar-refractivity contribution is 5.71. The summed E-state index contributed by atoms with van der Waals surface area (Å²) in [5.74, 6) is -0.0206. The summed E-state index contributed by atoms with van der Waals surface area (Å²) in [4.78, 5) is 37.7. The number of carbonyl (C=O) groups is 3. The molecule has 0 aromatic carbocycles. The van der Waals surface area contributed by atoms with Crippen molar-refractivity contribution in [3.63, 3.8) is 0 Å². The molecule has 0 aliphatic heterocycles. The minimum Gasteiger partial charge on any atom is -0.462 e. The lowest BCUT2D eigenvalue weighted by molar-refractivity contribution is -0.167. The van der Waals surface area contributed by atoms with E-state index < -0.39 is 6.10 Å². The van der Waals surface area contributed by atoms with Crippen LogP contribution in [0.2, 0.25) is 0 Å². The molecule has 0 rings (SSSR count). The Kier molecular flexibility index (Phi) is 40.3. The van der Waals surface area contributed by atoms with Gasteiger partial charge in [-0.15, -0.1) is 0 Å². The summed E-state index contributed by atoms with van der Waals surface area (Å²) < 4.78 is 16.7. The van der Waals surface area contributed by atoms with E-state index in [0.29, 0.717) is 19.3 Å². The highest BCUT2D eigenvalue weighted by atomic mass is 16.6. The first kappa shape index (κ1) is 51.4. The second-order valence-corrected chi connectivity index (χ2v) is 16.5. The summed E-state index contributed by atoms with van der Waals surface area (Å²) >= 11 is 0. The van der Waals surface area contributed by atoms with Crippen LogP contribution < -0.4 is 0 Å². The van der Waals surface area contributed by atoms with Gasteiger partial charge in [-0.25, -0.2) is 0 Å². The summed E-state index contributed by atoms with van der Waals surface area (Å²) in [6, 6.07) is 0. The Morgan fingerprint density at radius 1 is 0.358 bits per heavy atom. The van der Waals surface area contributed by atoms with Gasteiger partial charge in [0, 0.05) is 19.3 Å². The Labute approximate surface area is 329 Å². The van der Waals surface area contributed by atoms with Gasteiger partial charge in [0.15, 0.2) is 6.10 Å². The van der Waals surface area contributed by atoms with Crippen molar-refractivity contribution in [1.29, 1.82) is 0 Å². The third-order valence-corrected chi connectivity index (χ3v) is 10.5. The molecule has 0 aliphatic carbocycles. The van der Waals surface area contributed by atoms with E-state index in [1.807, 2.05) is 0 Å². The van der Waals surface area contributed by atoms with E-state index in [1.54, 1.807) is 0 Å². The van der Waals surface area contributed by atoms with Crippen LogP contribution in [0.15, 0.2) is 0 Å². The number of rotatable bonds is 42. The molecule has 314 valence electrons. The number of unbranched alkanes of at least 4 members (excludes halogenated alkanes) is 29. The standard InChI is InChI=1S/C47H90O6/c1-5-7-9-11-13-15-22-26-30-34-38-45(48)51-41-44(53-47(50)40-36-32-28-23-16-14-12-10-8-6-2)42-52-46(49)39-35-31-27-24-20-18-17-19-21-25-29-33-37-43(3)4/h43-44H,5-42H2,1-4H3/t44-/m1/s1. The van der Waals surface area contributed by atoms with Crippen molar-refractivity contribution in [2.45, 2.75) is 265 Å². The second-order valence-electron chi connectivity index (χ2n) is 16.5. The fraction of sp³-hybridized carbons (Fsp3) is 0.936. The highest BCUT2D eigenvalue weighted by Gasteiger charge is 2.19. The second kappa shape index (κ2) is 41.6. The van der Waals surface area contributed by atoms with Crippen LogP contribution in [0.25, 0.3) is 0 Å². The fourth-order valence-corrected chi connectivity index (χ4v) is 6.98. The number of hydrogen-bond acceptors (Lipinski definition) is 6. The van der Waals surface area contributed by atoms with Crippen molar-refractivity contribution >= 4 is 17.9 Å². The normalized spacial score (nSPS) is 11.9. The lowest BCUT2D eigenvalue weighted by atomic mass is 10.0. The summed E-state index contributed by atoms with van der Waals surface area (Å²) in [6.07, 6.45) is 40.8. The van der Waals surface area contributed by atoms with E-state index >= 15 is 0 Å². The number of carbonyl (C=O) groups excluding carboxylic acids is 3. The van der Waals surface area contributed by atoms with Crippen molar-refractivity contribution in [2.75, 3.05) is 13.2 Å². The quantitative estimate of drug-likeness (QED) is 0.0351. The van der Waals surface area contributed by atoms with Crippen LogP contribution in [-0.4, -0.2) is 37.2 Å². The molecule has 0 fully saturated rings. The maximum Gasteiger partial charge on any atom is 0.306 e. The number of hydrogen-bond donors (Lipinski definition) is 0. The van der Waals surface area contributed by atoms with Gasteiger partial charge in [-0.2, -0.15) is 0 Å². The van der Waals surface area contributed by atoms with Gasteiger partial charge in [0.25, 0.3) is 0 Å². The Bertz CT molecular complexity index is 796. The third kappa shape index (κ3) is 41.4. The van der Waals surface area contributed by atoms with Crippen LogP contribution in [0.5, 0.6) is 0 Å². The molecule has 53 heavy (non-hydrogen) atoms. The summed E-state index contributed by atoms with van der Waals surface area (Å²) in [5.41, 5.74) is 0. The van der Waals surface area contributed by atoms with Gasteiger partial charge in [0.2, 0.25) is 0 Å². The Morgan fingerprint density at radius 2 is 0.623 bits per heavy atom. The van der Waals surface area contributed by atoms with Crippen molar-refractivity contribution in [3.05, 3.63) is 0 Å². The predicted octanol–water partition coefficient (Wildman–Crippen LogP) is 14.7. The molecule has 1 atom stereocenters. The van der Waals surface area contributed by atoms with Crippen molar-refractivity contribution in [3.8, 4) is 0 Å². The van der Waals surface area contributed by atoms with Gasteiger partial charge in [-0.05, 0) is 25.2 Å². The number of esters is 3. The largest absolute Gasteiger partial charge is 0.462 e. The number of ether oxygens (including phenoxy) is 3. The summed E-state index contributed by atoms with van der Waals surface area (Å²) in [7, 11) is 0. The smallest absolute Gasteiger partial charge is 0.306 e. The van der Waals surface area contributed by atoms with Crippen molar-refractivity contribution < 1.29 is 28.6 Å². The van der Waals surface area contributed by atoms with Gasteiger partial charge < -0.3 is 14.2 Å². The van der Waals surface area contributed by atoms with Crippen LogP contribution in [0.1, 0.15) is 259 Å². The molecule has 0 bridgehead atoms. The predicted molar refractivity (Wildman–Crippen MR) is 224 cm³/mol. The zero-order valence-corrected chi connectivity index (χ0v) is 36.0. The lowest BCUT2D eigenvalue weighted by Crippen LogP contribution is -2.30. The Morgan fingerprint density at radius 3 is 0.925 bits per heavy atom. The molecule has 0 unspecified atom stereocenters. The van der Waals surface area contributed by atoms with E-state index in [9.17, 15) is 14.4 Å². The molecular formula is C47H90O6. The maximum absolute atomic E-state index is 12.7. The molecular weight excluding hydrogens is 661 g/mol. The Hall–Kier alpha value is -1.59. The van der Waals surface area contributed by atoms with Crippen LogP contribution in [0, 0.1) is 5.92 Å². The van der Waals surface area contributed by atoms with Gasteiger partial charge in [0.1, 0.15) is 13.2 Å². The first-order chi connectivity index (χ1) is 25.9. The molecule has 6 nitrogen and oxygen atoms in total. The molecule has 6 heteroatoms. The van der Waals surface area contributed by atoms with Crippen molar-refractivity contribution in [1.82, 2.24) is 0 Å². The third-order valence-electron chi connectivity index (χ3n) is 10.5. The van der Waals surface area contributed by atoms with Gasteiger partial charge >= 0.3 is 17.9 Å². The van der Waals surface area contributed by atoms with Crippen LogP contribution in [0.4, 0.5) is 0 Å². The molecule has 0 aromatic rings. The summed E-state index contributed by atoms with van der Waals surface area (Å²) in [6.45, 7) is 8.98. The van der Waals surface area contributed by atoms with Gasteiger partial charge in [-0.1, -0.05) is 220 Å². The topological polar surface area (TPSA) is 78.9 Å². The van der Waals surface area contributed by atoms with Crippen LogP contribution >= 0.6 is 0 Å².